The van der Waals surface area contributed by atoms with Gasteiger partial charge in [0.05, 0.1) is 0 Å². The average Bonchev–Trinajstić information content (AvgIpc) is 2.78. The Labute approximate surface area is 107 Å². The lowest BCUT2D eigenvalue weighted by Gasteiger charge is -2.35. The maximum absolute atomic E-state index is 4.50. The molecule has 0 N–H and O–H groups in total. The first-order valence-corrected chi connectivity index (χ1v) is 6.74. The van der Waals surface area contributed by atoms with Crippen LogP contribution in [0.25, 0.3) is 0 Å². The van der Waals surface area contributed by atoms with Gasteiger partial charge in [-0.25, -0.2) is 9.97 Å². The van der Waals surface area contributed by atoms with Crippen LogP contribution in [0.15, 0.2) is 36.8 Å². The van der Waals surface area contributed by atoms with Gasteiger partial charge in [0.2, 0.25) is 0 Å². The van der Waals surface area contributed by atoms with Gasteiger partial charge < -0.3 is 0 Å². The zero-order chi connectivity index (χ0) is 12.0. The van der Waals surface area contributed by atoms with Gasteiger partial charge in [0.1, 0.15) is 6.33 Å². The number of benzene rings is 1. The molecule has 0 aliphatic heterocycles. The summed E-state index contributed by atoms with van der Waals surface area (Å²) in [5, 5.41) is 0. The van der Waals surface area contributed by atoms with Crippen molar-refractivity contribution in [1.82, 2.24) is 9.97 Å². The third-order valence-electron chi connectivity index (χ3n) is 4.72. The molecule has 1 unspecified atom stereocenters. The molecule has 2 heteroatoms. The third kappa shape index (κ3) is 1.35. The van der Waals surface area contributed by atoms with Gasteiger partial charge in [0, 0.05) is 17.3 Å². The molecule has 90 valence electrons. The van der Waals surface area contributed by atoms with E-state index >= 15 is 0 Å². The van der Waals surface area contributed by atoms with Gasteiger partial charge in [-0.05, 0) is 48.8 Å². The summed E-state index contributed by atoms with van der Waals surface area (Å²) < 4.78 is 0. The average molecular weight is 236 g/mol. The van der Waals surface area contributed by atoms with Crippen LogP contribution in [0.1, 0.15) is 35.2 Å². The molecule has 2 nitrogen and oxygen atoms in total. The second-order valence-electron chi connectivity index (χ2n) is 5.61. The summed E-state index contributed by atoms with van der Waals surface area (Å²) in [7, 11) is 0. The lowest BCUT2D eigenvalue weighted by Crippen LogP contribution is -2.31. The smallest absolute Gasteiger partial charge is 0.115 e. The first-order valence-electron chi connectivity index (χ1n) is 6.74. The van der Waals surface area contributed by atoms with Crippen LogP contribution in [0.5, 0.6) is 0 Å². The van der Waals surface area contributed by atoms with Crippen LogP contribution in [0.2, 0.25) is 0 Å². The van der Waals surface area contributed by atoms with Gasteiger partial charge in [-0.3, -0.25) is 0 Å². The number of aromatic nitrogens is 2. The minimum Gasteiger partial charge on any atom is -0.245 e. The summed E-state index contributed by atoms with van der Waals surface area (Å²) in [6.45, 7) is 0. The predicted octanol–water partition coefficient (Wildman–Crippen LogP) is 2.85. The van der Waals surface area contributed by atoms with Crippen molar-refractivity contribution < 1.29 is 0 Å². The van der Waals surface area contributed by atoms with E-state index < -0.39 is 0 Å². The highest BCUT2D eigenvalue weighted by Crippen LogP contribution is 2.46. The Balaban J connectivity index is 1.81. The second-order valence-corrected chi connectivity index (χ2v) is 5.61. The van der Waals surface area contributed by atoms with Crippen LogP contribution in [0, 0.1) is 0 Å². The van der Waals surface area contributed by atoms with Gasteiger partial charge in [-0.15, -0.1) is 0 Å². The minimum absolute atomic E-state index is 0.359. The Morgan fingerprint density at radius 1 is 1.00 bits per heavy atom. The number of nitrogens with zero attached hydrogens (tertiary/aromatic N) is 2. The molecule has 1 atom stereocenters. The molecule has 0 fully saturated rings. The molecule has 2 aromatic rings. The van der Waals surface area contributed by atoms with Crippen molar-refractivity contribution in [3.8, 4) is 0 Å². The van der Waals surface area contributed by atoms with Crippen molar-refractivity contribution in [2.24, 2.45) is 0 Å². The minimum atomic E-state index is 0.359. The topological polar surface area (TPSA) is 25.8 Å². The van der Waals surface area contributed by atoms with Gasteiger partial charge in [-0.1, -0.05) is 24.3 Å². The van der Waals surface area contributed by atoms with Crippen LogP contribution in [-0.2, 0) is 24.7 Å². The van der Waals surface area contributed by atoms with Crippen molar-refractivity contribution in [3.63, 3.8) is 0 Å². The molecule has 0 bridgehead atoms. The maximum atomic E-state index is 4.50. The van der Waals surface area contributed by atoms with E-state index in [2.05, 4.69) is 34.2 Å². The van der Waals surface area contributed by atoms with Crippen molar-refractivity contribution in [2.45, 2.75) is 37.5 Å². The Morgan fingerprint density at radius 3 is 2.78 bits per heavy atom. The Kier molecular flexibility index (Phi) is 2.07. The highest BCUT2D eigenvalue weighted by Gasteiger charge is 2.41. The standard InChI is InChI=1S/C16H16N2/c1-2-4-14-12(3-1)5-7-16(14)8-6-13-10-17-11-18-15(13)9-16/h1-4,10-11H,5-9H2. The second kappa shape index (κ2) is 3.64. The molecular weight excluding hydrogens is 220 g/mol. The molecule has 0 amide bonds. The summed E-state index contributed by atoms with van der Waals surface area (Å²) in [6, 6.07) is 8.96. The molecule has 2 aliphatic rings. The van der Waals surface area contributed by atoms with E-state index in [-0.39, 0.29) is 0 Å². The summed E-state index contributed by atoms with van der Waals surface area (Å²) in [4.78, 5) is 8.65. The van der Waals surface area contributed by atoms with E-state index in [0.717, 1.165) is 12.8 Å². The van der Waals surface area contributed by atoms with Crippen LogP contribution in [-0.4, -0.2) is 9.97 Å². The molecule has 1 heterocycles. The van der Waals surface area contributed by atoms with E-state index in [4.69, 9.17) is 0 Å². The van der Waals surface area contributed by atoms with E-state index in [0.29, 0.717) is 5.41 Å². The van der Waals surface area contributed by atoms with Gasteiger partial charge in [0.25, 0.3) is 0 Å². The lowest BCUT2D eigenvalue weighted by atomic mass is 9.70. The number of fused-ring (bicyclic) bond motifs is 3. The molecular formula is C16H16N2. The Bertz CT molecular complexity index is 606. The SMILES string of the molecule is c1ccc2c(c1)CCC21CCc2cncnc2C1. The van der Waals surface area contributed by atoms with Crippen LogP contribution in [0.3, 0.4) is 0 Å². The van der Waals surface area contributed by atoms with E-state index in [1.54, 1.807) is 17.5 Å². The summed E-state index contributed by atoms with van der Waals surface area (Å²) >= 11 is 0. The van der Waals surface area contributed by atoms with Crippen molar-refractivity contribution >= 4 is 0 Å². The molecule has 2 aliphatic carbocycles. The molecule has 4 rings (SSSR count). The molecule has 0 saturated carbocycles. The van der Waals surface area contributed by atoms with Gasteiger partial charge >= 0.3 is 0 Å². The van der Waals surface area contributed by atoms with E-state index in [1.807, 2.05) is 6.20 Å². The monoisotopic (exact) mass is 236 g/mol. The number of hydrogen-bond donors (Lipinski definition) is 0. The molecule has 0 radical (unpaired) electrons. The molecule has 0 saturated heterocycles. The van der Waals surface area contributed by atoms with Crippen LogP contribution < -0.4 is 0 Å². The van der Waals surface area contributed by atoms with Crippen molar-refractivity contribution in [3.05, 3.63) is 59.2 Å². The van der Waals surface area contributed by atoms with Gasteiger partial charge in [0.15, 0.2) is 0 Å². The number of hydrogen-bond acceptors (Lipinski definition) is 2. The van der Waals surface area contributed by atoms with Crippen molar-refractivity contribution in [1.29, 1.82) is 0 Å². The Hall–Kier alpha value is -1.70. The highest BCUT2D eigenvalue weighted by molar-refractivity contribution is 5.42. The fraction of sp³-hybridized carbons (Fsp3) is 0.375. The summed E-state index contributed by atoms with van der Waals surface area (Å²) in [6.07, 6.45) is 9.69. The quantitative estimate of drug-likeness (QED) is 0.703. The molecule has 1 aromatic carbocycles. The Morgan fingerprint density at radius 2 is 1.83 bits per heavy atom. The van der Waals surface area contributed by atoms with E-state index in [1.165, 1.54) is 30.5 Å². The van der Waals surface area contributed by atoms with Gasteiger partial charge in [-0.2, -0.15) is 0 Å². The van der Waals surface area contributed by atoms with Crippen LogP contribution in [0.4, 0.5) is 0 Å². The zero-order valence-corrected chi connectivity index (χ0v) is 10.4. The van der Waals surface area contributed by atoms with E-state index in [9.17, 15) is 0 Å². The molecule has 1 spiro atoms. The zero-order valence-electron chi connectivity index (χ0n) is 10.4. The fourth-order valence-corrected chi connectivity index (χ4v) is 3.74. The summed E-state index contributed by atoms with van der Waals surface area (Å²) in [5.74, 6) is 0. The highest BCUT2D eigenvalue weighted by atomic mass is 14.8. The maximum Gasteiger partial charge on any atom is 0.115 e. The lowest BCUT2D eigenvalue weighted by molar-refractivity contribution is 0.363. The normalized spacial score (nSPS) is 24.9. The number of aryl methyl sites for hydroxylation is 2. The fourth-order valence-electron chi connectivity index (χ4n) is 3.74. The predicted molar refractivity (Wildman–Crippen MR) is 70.5 cm³/mol. The molecule has 1 aromatic heterocycles. The first-order chi connectivity index (χ1) is 8.87. The largest absolute Gasteiger partial charge is 0.245 e. The molecule has 18 heavy (non-hydrogen) atoms. The third-order valence-corrected chi connectivity index (χ3v) is 4.72. The van der Waals surface area contributed by atoms with Crippen LogP contribution >= 0.6 is 0 Å². The van der Waals surface area contributed by atoms with Crippen molar-refractivity contribution in [2.75, 3.05) is 0 Å². The first kappa shape index (κ1) is 10.2. The number of rotatable bonds is 0. The summed E-state index contributed by atoms with van der Waals surface area (Å²) in [5.41, 5.74) is 6.11.